The Balaban J connectivity index is 2.41. The van der Waals surface area contributed by atoms with E-state index in [9.17, 15) is 8.42 Å². The van der Waals surface area contributed by atoms with E-state index in [-0.39, 0.29) is 4.90 Å². The molecule has 0 bridgehead atoms. The molecule has 0 aliphatic rings. The number of nitrogens with one attached hydrogen (secondary N) is 1. The number of benzene rings is 2. The second-order valence-corrected chi connectivity index (χ2v) is 6.42. The monoisotopic (exact) mass is 332 g/mol. The lowest BCUT2D eigenvalue weighted by molar-refractivity contribution is 0.353. The first-order valence-electron chi connectivity index (χ1n) is 6.67. The minimum Gasteiger partial charge on any atom is -0.493 e. The molecule has 2 aromatic rings. The molecule has 0 fully saturated rings. The standard InChI is InChI=1S/C16H16N2O4S/c1-11-8-14(21-2)15(22-3)9-16(11)23(19,20)18-13-6-4-12(10-17)5-7-13/h4-9,18H,1-3H3. The highest BCUT2D eigenvalue weighted by Gasteiger charge is 2.20. The number of ether oxygens (including phenoxy) is 2. The third-order valence-electron chi connectivity index (χ3n) is 3.24. The van der Waals surface area contributed by atoms with Gasteiger partial charge in [-0.2, -0.15) is 5.26 Å². The molecular weight excluding hydrogens is 316 g/mol. The number of nitriles is 1. The Bertz CT molecular complexity index is 853. The van der Waals surface area contributed by atoms with Crippen LogP contribution < -0.4 is 14.2 Å². The fraction of sp³-hybridized carbons (Fsp3) is 0.188. The molecule has 0 amide bonds. The largest absolute Gasteiger partial charge is 0.493 e. The Morgan fingerprint density at radius 2 is 1.61 bits per heavy atom. The van der Waals surface area contributed by atoms with E-state index in [0.29, 0.717) is 28.3 Å². The quantitative estimate of drug-likeness (QED) is 0.909. The second kappa shape index (κ2) is 6.58. The average molecular weight is 332 g/mol. The zero-order chi connectivity index (χ0) is 17.0. The van der Waals surface area contributed by atoms with Crippen LogP contribution >= 0.6 is 0 Å². The van der Waals surface area contributed by atoms with Crippen molar-refractivity contribution in [2.24, 2.45) is 0 Å². The van der Waals surface area contributed by atoms with Crippen molar-refractivity contribution in [2.75, 3.05) is 18.9 Å². The van der Waals surface area contributed by atoms with E-state index in [1.165, 1.54) is 32.4 Å². The van der Waals surface area contributed by atoms with Gasteiger partial charge in [-0.15, -0.1) is 0 Å². The first-order chi connectivity index (χ1) is 10.9. The van der Waals surface area contributed by atoms with Crippen molar-refractivity contribution < 1.29 is 17.9 Å². The molecule has 1 N–H and O–H groups in total. The molecular formula is C16H16N2O4S. The Kier molecular flexibility index (Phi) is 4.77. The maximum atomic E-state index is 12.6. The summed E-state index contributed by atoms with van der Waals surface area (Å²) < 4.78 is 37.9. The van der Waals surface area contributed by atoms with Gasteiger partial charge in [0.05, 0.1) is 30.7 Å². The molecule has 23 heavy (non-hydrogen) atoms. The molecule has 0 aliphatic heterocycles. The molecule has 0 saturated heterocycles. The first-order valence-corrected chi connectivity index (χ1v) is 8.15. The average Bonchev–Trinajstić information content (AvgIpc) is 2.54. The molecule has 0 atom stereocenters. The van der Waals surface area contributed by atoms with Crippen LogP contribution in [0.25, 0.3) is 0 Å². The number of hydrogen-bond donors (Lipinski definition) is 1. The van der Waals surface area contributed by atoms with Gasteiger partial charge in [0.2, 0.25) is 0 Å². The zero-order valence-corrected chi connectivity index (χ0v) is 13.8. The van der Waals surface area contributed by atoms with E-state index in [0.717, 1.165) is 0 Å². The molecule has 120 valence electrons. The molecule has 0 unspecified atom stereocenters. The van der Waals surface area contributed by atoms with Gasteiger partial charge in [0.15, 0.2) is 11.5 Å². The third-order valence-corrected chi connectivity index (χ3v) is 4.76. The lowest BCUT2D eigenvalue weighted by atomic mass is 10.2. The molecule has 0 saturated carbocycles. The van der Waals surface area contributed by atoms with Crippen molar-refractivity contribution in [3.63, 3.8) is 0 Å². The van der Waals surface area contributed by atoms with Crippen molar-refractivity contribution in [3.05, 3.63) is 47.5 Å². The van der Waals surface area contributed by atoms with E-state index < -0.39 is 10.0 Å². The Labute approximate surface area is 135 Å². The molecule has 2 rings (SSSR count). The van der Waals surface area contributed by atoms with E-state index in [4.69, 9.17) is 14.7 Å². The van der Waals surface area contributed by atoms with Crippen LogP contribution in [0.3, 0.4) is 0 Å². The van der Waals surface area contributed by atoms with Crippen molar-refractivity contribution in [1.29, 1.82) is 5.26 Å². The summed E-state index contributed by atoms with van der Waals surface area (Å²) >= 11 is 0. The summed E-state index contributed by atoms with van der Waals surface area (Å²) in [6, 6.07) is 11.1. The van der Waals surface area contributed by atoms with Gasteiger partial charge in [0, 0.05) is 11.8 Å². The van der Waals surface area contributed by atoms with Crippen molar-refractivity contribution >= 4 is 15.7 Å². The van der Waals surface area contributed by atoms with Crippen LogP contribution in [0.1, 0.15) is 11.1 Å². The molecule has 0 radical (unpaired) electrons. The second-order valence-electron chi connectivity index (χ2n) is 4.77. The van der Waals surface area contributed by atoms with Crippen LogP contribution in [0.5, 0.6) is 11.5 Å². The molecule has 0 spiro atoms. The number of methoxy groups -OCH3 is 2. The Morgan fingerprint density at radius 1 is 1.04 bits per heavy atom. The van der Waals surface area contributed by atoms with Crippen molar-refractivity contribution in [2.45, 2.75) is 11.8 Å². The van der Waals surface area contributed by atoms with Crippen LogP contribution in [0.2, 0.25) is 0 Å². The van der Waals surface area contributed by atoms with Crippen molar-refractivity contribution in [3.8, 4) is 17.6 Å². The van der Waals surface area contributed by atoms with Gasteiger partial charge < -0.3 is 9.47 Å². The maximum absolute atomic E-state index is 12.6. The molecule has 7 heteroatoms. The highest BCUT2D eigenvalue weighted by Crippen LogP contribution is 2.33. The highest BCUT2D eigenvalue weighted by molar-refractivity contribution is 7.92. The third kappa shape index (κ3) is 3.55. The SMILES string of the molecule is COc1cc(C)c(S(=O)(=O)Nc2ccc(C#N)cc2)cc1OC. The number of nitrogens with zero attached hydrogens (tertiary/aromatic N) is 1. The maximum Gasteiger partial charge on any atom is 0.262 e. The zero-order valence-electron chi connectivity index (χ0n) is 13.0. The van der Waals surface area contributed by atoms with Crippen LogP contribution in [0.15, 0.2) is 41.3 Å². The molecule has 6 nitrogen and oxygen atoms in total. The number of aryl methyl sites for hydroxylation is 1. The van der Waals surface area contributed by atoms with Crippen LogP contribution in [-0.2, 0) is 10.0 Å². The Hall–Kier alpha value is -2.72. The molecule has 0 aromatic heterocycles. The van der Waals surface area contributed by atoms with Gasteiger partial charge >= 0.3 is 0 Å². The van der Waals surface area contributed by atoms with Crippen LogP contribution in [0.4, 0.5) is 5.69 Å². The highest BCUT2D eigenvalue weighted by atomic mass is 32.2. The van der Waals surface area contributed by atoms with Gasteiger partial charge in [0.1, 0.15) is 0 Å². The fourth-order valence-corrected chi connectivity index (χ4v) is 3.38. The predicted molar refractivity (Wildman–Crippen MR) is 86.2 cm³/mol. The minimum absolute atomic E-state index is 0.0968. The smallest absolute Gasteiger partial charge is 0.262 e. The minimum atomic E-state index is -3.79. The van der Waals surface area contributed by atoms with Crippen molar-refractivity contribution in [1.82, 2.24) is 0 Å². The summed E-state index contributed by atoms with van der Waals surface area (Å²) in [5, 5.41) is 8.77. The lowest BCUT2D eigenvalue weighted by Crippen LogP contribution is -2.14. The summed E-state index contributed by atoms with van der Waals surface area (Å²) in [4.78, 5) is 0.0968. The molecule has 2 aromatic carbocycles. The lowest BCUT2D eigenvalue weighted by Gasteiger charge is -2.14. The van der Waals surface area contributed by atoms with Gasteiger partial charge in [-0.25, -0.2) is 8.42 Å². The van der Waals surface area contributed by atoms with E-state index in [2.05, 4.69) is 4.72 Å². The van der Waals surface area contributed by atoms with Crippen LogP contribution in [-0.4, -0.2) is 22.6 Å². The summed E-state index contributed by atoms with van der Waals surface area (Å²) in [7, 11) is -0.861. The summed E-state index contributed by atoms with van der Waals surface area (Å²) in [6.07, 6.45) is 0. The number of anilines is 1. The first kappa shape index (κ1) is 16.6. The summed E-state index contributed by atoms with van der Waals surface area (Å²) in [5.41, 5.74) is 1.36. The number of rotatable bonds is 5. The summed E-state index contributed by atoms with van der Waals surface area (Å²) in [5.74, 6) is 0.792. The van der Waals surface area contributed by atoms with E-state index in [1.807, 2.05) is 6.07 Å². The van der Waals surface area contributed by atoms with Gasteiger partial charge in [-0.1, -0.05) is 0 Å². The van der Waals surface area contributed by atoms with Gasteiger partial charge in [0.25, 0.3) is 10.0 Å². The van der Waals surface area contributed by atoms with Gasteiger partial charge in [-0.05, 0) is 42.8 Å². The van der Waals surface area contributed by atoms with Crippen LogP contribution in [0, 0.1) is 18.3 Å². The molecule has 0 aliphatic carbocycles. The fourth-order valence-electron chi connectivity index (χ4n) is 2.07. The number of sulfonamides is 1. The normalized spacial score (nSPS) is 10.7. The molecule has 0 heterocycles. The van der Waals surface area contributed by atoms with E-state index >= 15 is 0 Å². The predicted octanol–water partition coefficient (Wildman–Crippen LogP) is 2.68. The topological polar surface area (TPSA) is 88.4 Å². The van der Waals surface area contributed by atoms with E-state index in [1.54, 1.807) is 25.1 Å². The number of hydrogen-bond acceptors (Lipinski definition) is 5. The summed E-state index contributed by atoms with van der Waals surface area (Å²) in [6.45, 7) is 1.68. The Morgan fingerprint density at radius 3 is 2.13 bits per heavy atom. The van der Waals surface area contributed by atoms with Gasteiger partial charge in [-0.3, -0.25) is 4.72 Å².